The van der Waals surface area contributed by atoms with Crippen molar-refractivity contribution in [1.82, 2.24) is 0 Å². The van der Waals surface area contributed by atoms with Gasteiger partial charge in [-0.2, -0.15) is 0 Å². The molecule has 0 amide bonds. The molecular weight excluding hydrogens is 256 g/mol. The average molecular weight is 267 g/mol. The maximum atomic E-state index is 11.8. The number of benzene rings is 1. The topological polar surface area (TPSA) is 26.3 Å². The van der Waals surface area contributed by atoms with E-state index in [2.05, 4.69) is 0 Å². The van der Waals surface area contributed by atoms with Gasteiger partial charge in [-0.05, 0) is 18.6 Å². The summed E-state index contributed by atoms with van der Waals surface area (Å²) < 4.78 is 5.60. The molecule has 2 rings (SSSR count). The zero-order valence-electron chi connectivity index (χ0n) is 9.27. The predicted octanol–water partition coefficient (Wildman–Crippen LogP) is 4.25. The van der Waals surface area contributed by atoms with Gasteiger partial charge < -0.3 is 4.74 Å². The highest BCUT2D eigenvalue weighted by Crippen LogP contribution is 2.35. The van der Waals surface area contributed by atoms with Gasteiger partial charge in [0.1, 0.15) is 0 Å². The molecule has 2 nitrogen and oxygen atoms in total. The molecule has 1 aromatic heterocycles. The minimum Gasteiger partial charge on any atom is -0.462 e. The van der Waals surface area contributed by atoms with Gasteiger partial charge in [-0.15, -0.1) is 11.3 Å². The van der Waals surface area contributed by atoms with Crippen molar-refractivity contribution >= 4 is 28.9 Å². The smallest absolute Gasteiger partial charge is 0.339 e. The van der Waals surface area contributed by atoms with Gasteiger partial charge >= 0.3 is 5.97 Å². The summed E-state index contributed by atoms with van der Waals surface area (Å²) >= 11 is 7.36. The predicted molar refractivity (Wildman–Crippen MR) is 70.7 cm³/mol. The molecule has 0 aliphatic heterocycles. The molecule has 0 bridgehead atoms. The average Bonchev–Trinajstić information content (AvgIpc) is 2.73. The number of rotatable bonds is 3. The Morgan fingerprint density at radius 3 is 2.71 bits per heavy atom. The third-order valence-corrected chi connectivity index (χ3v) is 3.55. The van der Waals surface area contributed by atoms with Crippen LogP contribution < -0.4 is 0 Å². The quantitative estimate of drug-likeness (QED) is 0.777. The third kappa shape index (κ3) is 2.68. The molecule has 0 N–H and O–H groups in total. The number of hydrogen-bond donors (Lipinski definition) is 0. The van der Waals surface area contributed by atoms with E-state index in [1.54, 1.807) is 13.0 Å². The summed E-state index contributed by atoms with van der Waals surface area (Å²) in [6.45, 7) is 2.15. The summed E-state index contributed by atoms with van der Waals surface area (Å²) in [5, 5.41) is 0. The molecule has 0 spiro atoms. The van der Waals surface area contributed by atoms with Crippen molar-refractivity contribution in [2.24, 2.45) is 0 Å². The summed E-state index contributed by atoms with van der Waals surface area (Å²) in [5.74, 6) is -0.325. The van der Waals surface area contributed by atoms with Gasteiger partial charge in [-0.1, -0.05) is 41.9 Å². The molecular formula is C13H11ClO2S. The summed E-state index contributed by atoms with van der Waals surface area (Å²) in [6.07, 6.45) is 0. The van der Waals surface area contributed by atoms with Crippen LogP contribution in [0.15, 0.2) is 36.4 Å². The van der Waals surface area contributed by atoms with Crippen molar-refractivity contribution < 1.29 is 9.53 Å². The summed E-state index contributed by atoms with van der Waals surface area (Å²) in [5.41, 5.74) is 1.51. The van der Waals surface area contributed by atoms with E-state index in [-0.39, 0.29) is 5.97 Å². The molecule has 0 unspecified atom stereocenters. The lowest BCUT2D eigenvalue weighted by atomic mass is 10.1. The van der Waals surface area contributed by atoms with Crippen LogP contribution in [0.1, 0.15) is 17.3 Å². The van der Waals surface area contributed by atoms with Crippen LogP contribution in [0.2, 0.25) is 4.34 Å². The second-order valence-corrected chi connectivity index (χ2v) is 5.06. The van der Waals surface area contributed by atoms with Crippen molar-refractivity contribution in [1.29, 1.82) is 0 Å². The van der Waals surface area contributed by atoms with E-state index in [1.807, 2.05) is 30.3 Å². The van der Waals surface area contributed by atoms with Gasteiger partial charge in [-0.3, -0.25) is 0 Å². The number of carbonyl (C=O) groups excluding carboxylic acids is 1. The fraction of sp³-hybridized carbons (Fsp3) is 0.154. The first-order chi connectivity index (χ1) is 8.22. The van der Waals surface area contributed by atoms with Crippen LogP contribution in [0.4, 0.5) is 0 Å². The minimum atomic E-state index is -0.325. The Morgan fingerprint density at radius 2 is 2.06 bits per heavy atom. The monoisotopic (exact) mass is 266 g/mol. The van der Waals surface area contributed by atoms with Gasteiger partial charge in [0.05, 0.1) is 21.4 Å². The molecule has 4 heteroatoms. The zero-order valence-corrected chi connectivity index (χ0v) is 10.8. The standard InChI is InChI=1S/C13H11ClO2S/c1-2-16-13(15)10-8-11(14)17-12(10)9-6-4-3-5-7-9/h3-8H,2H2,1H3. The van der Waals surface area contributed by atoms with Crippen molar-refractivity contribution in [3.05, 3.63) is 46.3 Å². The van der Waals surface area contributed by atoms with Crippen LogP contribution in [0.5, 0.6) is 0 Å². The van der Waals surface area contributed by atoms with E-state index in [9.17, 15) is 4.79 Å². The lowest BCUT2D eigenvalue weighted by molar-refractivity contribution is 0.0528. The molecule has 17 heavy (non-hydrogen) atoms. The summed E-state index contributed by atoms with van der Waals surface area (Å²) in [6, 6.07) is 11.3. The van der Waals surface area contributed by atoms with E-state index in [0.29, 0.717) is 16.5 Å². The van der Waals surface area contributed by atoms with E-state index in [4.69, 9.17) is 16.3 Å². The molecule has 0 fully saturated rings. The third-order valence-electron chi connectivity index (χ3n) is 2.23. The van der Waals surface area contributed by atoms with Gasteiger partial charge in [-0.25, -0.2) is 4.79 Å². The largest absolute Gasteiger partial charge is 0.462 e. The van der Waals surface area contributed by atoms with Crippen LogP contribution in [0, 0.1) is 0 Å². The SMILES string of the molecule is CCOC(=O)c1cc(Cl)sc1-c1ccccc1. The number of thiophene rings is 1. The van der Waals surface area contributed by atoms with Crippen LogP contribution in [0.25, 0.3) is 10.4 Å². The number of esters is 1. The Bertz CT molecular complexity index is 519. The molecule has 0 saturated heterocycles. The maximum absolute atomic E-state index is 11.8. The molecule has 2 aromatic rings. The second-order valence-electron chi connectivity index (χ2n) is 3.38. The molecule has 1 aromatic carbocycles. The molecule has 0 atom stereocenters. The van der Waals surface area contributed by atoms with Gasteiger partial charge in [0.2, 0.25) is 0 Å². The van der Waals surface area contributed by atoms with Crippen LogP contribution >= 0.6 is 22.9 Å². The number of halogens is 1. The zero-order chi connectivity index (χ0) is 12.3. The van der Waals surface area contributed by atoms with E-state index in [1.165, 1.54) is 11.3 Å². The highest BCUT2D eigenvalue weighted by molar-refractivity contribution is 7.19. The van der Waals surface area contributed by atoms with Gasteiger partial charge in [0, 0.05) is 0 Å². The van der Waals surface area contributed by atoms with Crippen LogP contribution in [0.3, 0.4) is 0 Å². The number of carbonyl (C=O) groups is 1. The van der Waals surface area contributed by atoms with Crippen molar-refractivity contribution in [2.75, 3.05) is 6.61 Å². The molecule has 0 saturated carbocycles. The molecule has 0 aliphatic rings. The van der Waals surface area contributed by atoms with Crippen molar-refractivity contribution in [3.8, 4) is 10.4 Å². The first kappa shape index (κ1) is 12.1. The molecule has 0 aliphatic carbocycles. The normalized spacial score (nSPS) is 10.2. The van der Waals surface area contributed by atoms with Crippen LogP contribution in [-0.2, 0) is 4.74 Å². The van der Waals surface area contributed by atoms with Crippen molar-refractivity contribution in [2.45, 2.75) is 6.92 Å². The second kappa shape index (κ2) is 5.34. The molecule has 1 heterocycles. The minimum absolute atomic E-state index is 0.325. The maximum Gasteiger partial charge on any atom is 0.339 e. The Labute approximate surface area is 109 Å². The molecule has 0 radical (unpaired) electrons. The fourth-order valence-corrected chi connectivity index (χ4v) is 2.74. The Kier molecular flexibility index (Phi) is 3.82. The first-order valence-corrected chi connectivity index (χ1v) is 6.43. The lowest BCUT2D eigenvalue weighted by Crippen LogP contribution is -2.04. The Hall–Kier alpha value is -1.32. The van der Waals surface area contributed by atoms with E-state index in [0.717, 1.165) is 10.4 Å². The highest BCUT2D eigenvalue weighted by atomic mass is 35.5. The van der Waals surface area contributed by atoms with E-state index >= 15 is 0 Å². The highest BCUT2D eigenvalue weighted by Gasteiger charge is 2.17. The lowest BCUT2D eigenvalue weighted by Gasteiger charge is -2.03. The Morgan fingerprint density at radius 1 is 1.35 bits per heavy atom. The Balaban J connectivity index is 2.44. The summed E-state index contributed by atoms with van der Waals surface area (Å²) in [7, 11) is 0. The first-order valence-electron chi connectivity index (χ1n) is 5.24. The van der Waals surface area contributed by atoms with Crippen molar-refractivity contribution in [3.63, 3.8) is 0 Å². The van der Waals surface area contributed by atoms with E-state index < -0.39 is 0 Å². The van der Waals surface area contributed by atoms with Gasteiger partial charge in [0.25, 0.3) is 0 Å². The summed E-state index contributed by atoms with van der Waals surface area (Å²) in [4.78, 5) is 12.6. The fourth-order valence-electron chi connectivity index (χ4n) is 1.53. The molecule has 88 valence electrons. The van der Waals surface area contributed by atoms with Gasteiger partial charge in [0.15, 0.2) is 0 Å². The number of ether oxygens (including phenoxy) is 1. The van der Waals surface area contributed by atoms with Crippen LogP contribution in [-0.4, -0.2) is 12.6 Å². The number of hydrogen-bond acceptors (Lipinski definition) is 3.